The molecule has 0 aliphatic carbocycles. The van der Waals surface area contributed by atoms with Gasteiger partial charge in [0.15, 0.2) is 0 Å². The van der Waals surface area contributed by atoms with E-state index in [9.17, 15) is 0 Å². The highest BCUT2D eigenvalue weighted by molar-refractivity contribution is 6.33. The first-order chi connectivity index (χ1) is 6.33. The molecular formula is C10H12ClNO. The minimum Gasteiger partial charge on any atom is -0.383 e. The molecule has 0 aromatic heterocycles. The number of anilines is 1. The Kier molecular flexibility index (Phi) is 2.42. The van der Waals surface area contributed by atoms with Crippen molar-refractivity contribution in [1.82, 2.24) is 0 Å². The minimum absolute atomic E-state index is 0.190. The van der Waals surface area contributed by atoms with Crippen LogP contribution in [0, 0.1) is 0 Å². The highest BCUT2D eigenvalue weighted by Gasteiger charge is 2.20. The normalized spacial score (nSPS) is 20.6. The van der Waals surface area contributed by atoms with E-state index in [1.165, 1.54) is 5.56 Å². The Hall–Kier alpha value is -0.730. The molecule has 1 aromatic carbocycles. The number of fused-ring (bicyclic) bond motifs is 1. The summed E-state index contributed by atoms with van der Waals surface area (Å²) in [6.07, 6.45) is 1.19. The maximum absolute atomic E-state index is 6.05. The average molecular weight is 198 g/mol. The highest BCUT2D eigenvalue weighted by atomic mass is 35.5. The van der Waals surface area contributed by atoms with Crippen molar-refractivity contribution >= 4 is 17.3 Å². The summed E-state index contributed by atoms with van der Waals surface area (Å²) < 4.78 is 5.37. The molecule has 1 atom stereocenters. The predicted molar refractivity (Wildman–Crippen MR) is 54.3 cm³/mol. The maximum atomic E-state index is 6.05. The largest absolute Gasteiger partial charge is 0.383 e. The predicted octanol–water partition coefficient (Wildman–Crippen LogP) is 2.84. The van der Waals surface area contributed by atoms with E-state index in [-0.39, 0.29) is 6.10 Å². The van der Waals surface area contributed by atoms with Crippen molar-refractivity contribution in [1.29, 1.82) is 0 Å². The van der Waals surface area contributed by atoms with Crippen LogP contribution in [0.2, 0.25) is 5.02 Å². The van der Waals surface area contributed by atoms with Crippen molar-refractivity contribution in [2.75, 3.05) is 19.0 Å². The Morgan fingerprint density at radius 1 is 1.54 bits per heavy atom. The van der Waals surface area contributed by atoms with Crippen LogP contribution in [0.25, 0.3) is 0 Å². The molecule has 1 unspecified atom stereocenters. The van der Waals surface area contributed by atoms with Gasteiger partial charge in [-0.2, -0.15) is 0 Å². The third kappa shape index (κ3) is 1.52. The Balaban J connectivity index is 2.45. The van der Waals surface area contributed by atoms with E-state index in [2.05, 4.69) is 11.4 Å². The maximum Gasteiger partial charge on any atom is 0.0858 e. The van der Waals surface area contributed by atoms with Gasteiger partial charge in [0.1, 0.15) is 0 Å². The summed E-state index contributed by atoms with van der Waals surface area (Å²) in [5, 5.41) is 4.06. The first kappa shape index (κ1) is 8.85. The first-order valence-corrected chi connectivity index (χ1v) is 4.76. The standard InChI is InChI=1S/C10H12ClNO/c1-13-9-5-6-12-10-7(9)3-2-4-8(10)11/h2-4,9,12H,5-6H2,1H3. The zero-order chi connectivity index (χ0) is 9.26. The molecule has 13 heavy (non-hydrogen) atoms. The zero-order valence-corrected chi connectivity index (χ0v) is 8.27. The summed E-state index contributed by atoms with van der Waals surface area (Å²) in [6.45, 7) is 0.926. The van der Waals surface area contributed by atoms with Crippen LogP contribution in [0.3, 0.4) is 0 Å². The molecule has 3 heteroatoms. The summed E-state index contributed by atoms with van der Waals surface area (Å²) in [7, 11) is 1.74. The van der Waals surface area contributed by atoms with Gasteiger partial charge < -0.3 is 10.1 Å². The van der Waals surface area contributed by atoms with Gasteiger partial charge in [-0.05, 0) is 12.5 Å². The molecule has 0 saturated heterocycles. The van der Waals surface area contributed by atoms with Gasteiger partial charge in [-0.1, -0.05) is 23.7 Å². The molecule has 1 aliphatic heterocycles. The SMILES string of the molecule is COC1CCNc2c(Cl)cccc21. The molecule has 1 N–H and O–H groups in total. The van der Waals surface area contributed by atoms with Crippen molar-refractivity contribution in [2.45, 2.75) is 12.5 Å². The zero-order valence-electron chi connectivity index (χ0n) is 7.51. The van der Waals surface area contributed by atoms with E-state index in [1.54, 1.807) is 7.11 Å². The monoisotopic (exact) mass is 197 g/mol. The Morgan fingerprint density at radius 2 is 2.38 bits per heavy atom. The molecule has 1 aromatic rings. The van der Waals surface area contributed by atoms with Crippen LogP contribution < -0.4 is 5.32 Å². The molecule has 2 rings (SSSR count). The van der Waals surface area contributed by atoms with E-state index in [4.69, 9.17) is 16.3 Å². The van der Waals surface area contributed by atoms with Gasteiger partial charge in [-0.25, -0.2) is 0 Å². The van der Waals surface area contributed by atoms with Crippen LogP contribution in [-0.2, 0) is 4.74 Å². The Morgan fingerprint density at radius 3 is 3.15 bits per heavy atom. The highest BCUT2D eigenvalue weighted by Crippen LogP contribution is 2.36. The summed E-state index contributed by atoms with van der Waals surface area (Å²) in [5.74, 6) is 0. The van der Waals surface area contributed by atoms with Crippen molar-refractivity contribution in [2.24, 2.45) is 0 Å². The van der Waals surface area contributed by atoms with Crippen molar-refractivity contribution in [3.05, 3.63) is 28.8 Å². The molecule has 70 valence electrons. The second kappa shape index (κ2) is 3.56. The molecule has 0 saturated carbocycles. The number of hydrogen-bond donors (Lipinski definition) is 1. The molecule has 0 bridgehead atoms. The number of rotatable bonds is 1. The van der Waals surface area contributed by atoms with Gasteiger partial charge in [0.05, 0.1) is 16.8 Å². The van der Waals surface area contributed by atoms with Crippen LogP contribution in [-0.4, -0.2) is 13.7 Å². The van der Waals surface area contributed by atoms with Gasteiger partial charge in [0.25, 0.3) is 0 Å². The average Bonchev–Trinajstić information content (AvgIpc) is 2.18. The van der Waals surface area contributed by atoms with E-state index in [0.717, 1.165) is 23.7 Å². The number of nitrogens with one attached hydrogen (secondary N) is 1. The smallest absolute Gasteiger partial charge is 0.0858 e. The van der Waals surface area contributed by atoms with Gasteiger partial charge in [0, 0.05) is 19.2 Å². The first-order valence-electron chi connectivity index (χ1n) is 4.38. The van der Waals surface area contributed by atoms with Gasteiger partial charge in [-0.15, -0.1) is 0 Å². The summed E-state index contributed by atoms with van der Waals surface area (Å²) >= 11 is 6.05. The van der Waals surface area contributed by atoms with Crippen LogP contribution in [0.5, 0.6) is 0 Å². The lowest BCUT2D eigenvalue weighted by molar-refractivity contribution is 0.0965. The molecule has 1 heterocycles. The minimum atomic E-state index is 0.190. The summed E-state index contributed by atoms with van der Waals surface area (Å²) in [6, 6.07) is 5.91. The fourth-order valence-corrected chi connectivity index (χ4v) is 1.97. The molecular weight excluding hydrogens is 186 g/mol. The van der Waals surface area contributed by atoms with Crippen LogP contribution in [0.1, 0.15) is 18.1 Å². The molecule has 0 spiro atoms. The lowest BCUT2D eigenvalue weighted by atomic mass is 10.0. The van der Waals surface area contributed by atoms with Crippen LogP contribution in [0.4, 0.5) is 5.69 Å². The quantitative estimate of drug-likeness (QED) is 0.748. The van der Waals surface area contributed by atoms with Crippen molar-refractivity contribution in [3.8, 4) is 0 Å². The molecule has 1 aliphatic rings. The van der Waals surface area contributed by atoms with E-state index < -0.39 is 0 Å². The fraction of sp³-hybridized carbons (Fsp3) is 0.400. The molecule has 0 fully saturated rings. The van der Waals surface area contributed by atoms with Crippen molar-refractivity contribution in [3.63, 3.8) is 0 Å². The lowest BCUT2D eigenvalue weighted by Crippen LogP contribution is -2.18. The second-order valence-electron chi connectivity index (χ2n) is 3.14. The molecule has 2 nitrogen and oxygen atoms in total. The topological polar surface area (TPSA) is 21.3 Å². The Bertz CT molecular complexity index is 314. The van der Waals surface area contributed by atoms with E-state index >= 15 is 0 Å². The van der Waals surface area contributed by atoms with E-state index in [1.807, 2.05) is 12.1 Å². The van der Waals surface area contributed by atoms with Crippen LogP contribution in [0.15, 0.2) is 18.2 Å². The third-order valence-electron chi connectivity index (χ3n) is 2.39. The number of methoxy groups -OCH3 is 1. The molecule has 0 radical (unpaired) electrons. The second-order valence-corrected chi connectivity index (χ2v) is 3.55. The summed E-state index contributed by atoms with van der Waals surface area (Å²) in [4.78, 5) is 0. The molecule has 0 amide bonds. The number of para-hydroxylation sites is 1. The Labute approximate surface area is 82.9 Å². The third-order valence-corrected chi connectivity index (χ3v) is 2.70. The van der Waals surface area contributed by atoms with Gasteiger partial charge in [-0.3, -0.25) is 0 Å². The van der Waals surface area contributed by atoms with Crippen LogP contribution >= 0.6 is 11.6 Å². The number of halogens is 1. The fourth-order valence-electron chi connectivity index (χ4n) is 1.72. The number of benzene rings is 1. The summed E-state index contributed by atoms with van der Waals surface area (Å²) in [5.41, 5.74) is 2.20. The van der Waals surface area contributed by atoms with Gasteiger partial charge in [0.2, 0.25) is 0 Å². The van der Waals surface area contributed by atoms with E-state index in [0.29, 0.717) is 0 Å². The van der Waals surface area contributed by atoms with Crippen molar-refractivity contribution < 1.29 is 4.74 Å². The number of hydrogen-bond acceptors (Lipinski definition) is 2. The lowest BCUT2D eigenvalue weighted by Gasteiger charge is -2.26. The van der Waals surface area contributed by atoms with Gasteiger partial charge >= 0.3 is 0 Å². The number of ether oxygens (including phenoxy) is 1.